The number of aromatic hydroxyl groups is 1. The van der Waals surface area contributed by atoms with Crippen LogP contribution >= 0.6 is 0 Å². The van der Waals surface area contributed by atoms with Gasteiger partial charge in [-0.15, -0.1) is 0 Å². The number of phenols is 1. The fourth-order valence-corrected chi connectivity index (χ4v) is 2.06. The van der Waals surface area contributed by atoms with Gasteiger partial charge in [0.1, 0.15) is 5.75 Å². The highest BCUT2D eigenvalue weighted by molar-refractivity contribution is 5.44. The van der Waals surface area contributed by atoms with E-state index in [4.69, 9.17) is 4.74 Å². The molecule has 1 N–H and O–H groups in total. The third-order valence-electron chi connectivity index (χ3n) is 2.75. The fourth-order valence-electron chi connectivity index (χ4n) is 2.06. The van der Waals surface area contributed by atoms with Gasteiger partial charge in [0.15, 0.2) is 0 Å². The minimum Gasteiger partial charge on any atom is -0.507 e. The second-order valence-electron chi connectivity index (χ2n) is 4.02. The number of benzene rings is 1. The summed E-state index contributed by atoms with van der Waals surface area (Å²) in [6.45, 7) is 4.79. The van der Waals surface area contributed by atoms with Crippen molar-refractivity contribution in [3.8, 4) is 5.75 Å². The molecule has 2 heteroatoms. The van der Waals surface area contributed by atoms with Crippen LogP contribution in [0.3, 0.4) is 0 Å². The van der Waals surface area contributed by atoms with Crippen molar-refractivity contribution < 1.29 is 9.84 Å². The maximum atomic E-state index is 9.90. The summed E-state index contributed by atoms with van der Waals surface area (Å²) in [5.74, 6) is 0.405. The van der Waals surface area contributed by atoms with Gasteiger partial charge in [0.2, 0.25) is 0 Å². The van der Waals surface area contributed by atoms with E-state index in [1.807, 2.05) is 26.0 Å². The van der Waals surface area contributed by atoms with E-state index in [1.54, 1.807) is 0 Å². The average Bonchev–Trinajstić information content (AvgIpc) is 2.63. The lowest BCUT2D eigenvalue weighted by atomic mass is 10.00. The number of phenolic OH excluding ortho intramolecular Hbond substituents is 1. The second kappa shape index (κ2) is 3.62. The summed E-state index contributed by atoms with van der Waals surface area (Å²) in [4.78, 5) is 0. The van der Waals surface area contributed by atoms with Crippen LogP contribution in [0.5, 0.6) is 5.75 Å². The Balaban J connectivity index is 2.40. The first kappa shape index (κ1) is 9.53. The van der Waals surface area contributed by atoms with Crippen molar-refractivity contribution in [1.29, 1.82) is 0 Å². The Morgan fingerprint density at radius 3 is 2.79 bits per heavy atom. The SMILES string of the molecule is Cc1cc(C)c(O)c(C2CCCO2)c1. The molecule has 1 aromatic carbocycles. The van der Waals surface area contributed by atoms with Crippen LogP contribution in [0.1, 0.15) is 35.6 Å². The number of ether oxygens (including phenoxy) is 1. The molecule has 1 fully saturated rings. The summed E-state index contributed by atoms with van der Waals surface area (Å²) < 4.78 is 5.57. The smallest absolute Gasteiger partial charge is 0.124 e. The monoisotopic (exact) mass is 192 g/mol. The van der Waals surface area contributed by atoms with E-state index in [-0.39, 0.29) is 6.10 Å². The Hall–Kier alpha value is -1.02. The number of hydrogen-bond acceptors (Lipinski definition) is 2. The molecule has 0 aliphatic carbocycles. The van der Waals surface area contributed by atoms with Crippen LogP contribution in [0.25, 0.3) is 0 Å². The van der Waals surface area contributed by atoms with Crippen molar-refractivity contribution in [2.24, 2.45) is 0 Å². The Bertz CT molecular complexity index is 338. The van der Waals surface area contributed by atoms with Gasteiger partial charge in [-0.2, -0.15) is 0 Å². The third kappa shape index (κ3) is 1.62. The molecule has 1 unspecified atom stereocenters. The number of rotatable bonds is 1. The molecule has 1 aromatic rings. The normalized spacial score (nSPS) is 21.4. The molecule has 76 valence electrons. The van der Waals surface area contributed by atoms with Gasteiger partial charge < -0.3 is 9.84 Å². The van der Waals surface area contributed by atoms with E-state index in [1.165, 1.54) is 5.56 Å². The first-order chi connectivity index (χ1) is 6.68. The summed E-state index contributed by atoms with van der Waals surface area (Å²) in [5.41, 5.74) is 3.08. The van der Waals surface area contributed by atoms with Gasteiger partial charge in [0, 0.05) is 12.2 Å². The van der Waals surface area contributed by atoms with E-state index in [2.05, 4.69) is 0 Å². The molecular formula is C12H16O2. The molecule has 0 spiro atoms. The van der Waals surface area contributed by atoms with Crippen LogP contribution in [-0.2, 0) is 4.74 Å². The van der Waals surface area contributed by atoms with E-state index in [0.29, 0.717) is 5.75 Å². The van der Waals surface area contributed by atoms with E-state index < -0.39 is 0 Å². The highest BCUT2D eigenvalue weighted by Gasteiger charge is 2.21. The summed E-state index contributed by atoms with van der Waals surface area (Å²) in [6, 6.07) is 4.02. The van der Waals surface area contributed by atoms with Crippen molar-refractivity contribution in [3.05, 3.63) is 28.8 Å². The van der Waals surface area contributed by atoms with Gasteiger partial charge in [-0.1, -0.05) is 11.6 Å². The molecule has 1 atom stereocenters. The average molecular weight is 192 g/mol. The maximum absolute atomic E-state index is 9.90. The predicted octanol–water partition coefficient (Wildman–Crippen LogP) is 2.86. The Morgan fingerprint density at radius 2 is 2.14 bits per heavy atom. The zero-order chi connectivity index (χ0) is 10.1. The van der Waals surface area contributed by atoms with Crippen molar-refractivity contribution in [3.63, 3.8) is 0 Å². The molecule has 2 nitrogen and oxygen atoms in total. The van der Waals surface area contributed by atoms with E-state index in [9.17, 15) is 5.11 Å². The van der Waals surface area contributed by atoms with Crippen LogP contribution in [0.4, 0.5) is 0 Å². The lowest BCUT2D eigenvalue weighted by Gasteiger charge is -2.14. The highest BCUT2D eigenvalue weighted by Crippen LogP contribution is 2.36. The second-order valence-corrected chi connectivity index (χ2v) is 4.02. The van der Waals surface area contributed by atoms with Crippen LogP contribution < -0.4 is 0 Å². The largest absolute Gasteiger partial charge is 0.507 e. The molecule has 0 bridgehead atoms. The van der Waals surface area contributed by atoms with Crippen molar-refractivity contribution >= 4 is 0 Å². The molecule has 2 rings (SSSR count). The fraction of sp³-hybridized carbons (Fsp3) is 0.500. The first-order valence-corrected chi connectivity index (χ1v) is 5.10. The number of hydrogen-bond donors (Lipinski definition) is 1. The molecule has 0 aromatic heterocycles. The summed E-state index contributed by atoms with van der Waals surface area (Å²) in [5, 5.41) is 9.90. The van der Waals surface area contributed by atoms with Gasteiger partial charge in [-0.3, -0.25) is 0 Å². The molecule has 1 heterocycles. The van der Waals surface area contributed by atoms with Gasteiger partial charge in [-0.05, 0) is 38.3 Å². The Morgan fingerprint density at radius 1 is 1.36 bits per heavy atom. The lowest BCUT2D eigenvalue weighted by molar-refractivity contribution is 0.109. The summed E-state index contributed by atoms with van der Waals surface area (Å²) >= 11 is 0. The molecule has 1 saturated heterocycles. The maximum Gasteiger partial charge on any atom is 0.124 e. The molecule has 0 amide bonds. The minimum atomic E-state index is 0.105. The quantitative estimate of drug-likeness (QED) is 0.741. The zero-order valence-electron chi connectivity index (χ0n) is 8.71. The molecule has 1 aliphatic heterocycles. The van der Waals surface area contributed by atoms with Crippen LogP contribution in [0.15, 0.2) is 12.1 Å². The van der Waals surface area contributed by atoms with Gasteiger partial charge in [-0.25, -0.2) is 0 Å². The first-order valence-electron chi connectivity index (χ1n) is 5.10. The summed E-state index contributed by atoms with van der Waals surface area (Å²) in [6.07, 6.45) is 2.22. The Labute approximate surface area is 84.5 Å². The van der Waals surface area contributed by atoms with Gasteiger partial charge in [0.25, 0.3) is 0 Å². The Kier molecular flexibility index (Phi) is 2.46. The van der Waals surface area contributed by atoms with Crippen LogP contribution in [0.2, 0.25) is 0 Å². The minimum absolute atomic E-state index is 0.105. The highest BCUT2D eigenvalue weighted by atomic mass is 16.5. The molecule has 1 aliphatic rings. The molecule has 0 radical (unpaired) electrons. The topological polar surface area (TPSA) is 29.5 Å². The van der Waals surface area contributed by atoms with Crippen molar-refractivity contribution in [1.82, 2.24) is 0 Å². The molecular weight excluding hydrogens is 176 g/mol. The van der Waals surface area contributed by atoms with Crippen molar-refractivity contribution in [2.45, 2.75) is 32.8 Å². The zero-order valence-corrected chi connectivity index (χ0v) is 8.71. The third-order valence-corrected chi connectivity index (χ3v) is 2.75. The van der Waals surface area contributed by atoms with Crippen molar-refractivity contribution in [2.75, 3.05) is 6.61 Å². The molecule has 0 saturated carbocycles. The molecule has 14 heavy (non-hydrogen) atoms. The standard InChI is InChI=1S/C12H16O2/c1-8-6-9(2)12(13)10(7-8)11-4-3-5-14-11/h6-7,11,13H,3-5H2,1-2H3. The van der Waals surface area contributed by atoms with Gasteiger partial charge in [0.05, 0.1) is 6.10 Å². The van der Waals surface area contributed by atoms with E-state index in [0.717, 1.165) is 30.6 Å². The lowest BCUT2D eigenvalue weighted by Crippen LogP contribution is -1.98. The van der Waals surface area contributed by atoms with Gasteiger partial charge >= 0.3 is 0 Å². The predicted molar refractivity (Wildman–Crippen MR) is 55.5 cm³/mol. The summed E-state index contributed by atoms with van der Waals surface area (Å²) in [7, 11) is 0. The van der Waals surface area contributed by atoms with Crippen LogP contribution in [0, 0.1) is 13.8 Å². The van der Waals surface area contributed by atoms with Crippen LogP contribution in [-0.4, -0.2) is 11.7 Å². The van der Waals surface area contributed by atoms with E-state index >= 15 is 0 Å². The number of aryl methyl sites for hydroxylation is 2.